The molecule has 0 radical (unpaired) electrons. The molecule has 2 aromatic heterocycles. The molecule has 1 spiro atoms. The maximum atomic E-state index is 7.16. The second kappa shape index (κ2) is 19.3. The number of hydrogen-bond donors (Lipinski definition) is 0. The third-order valence-electron chi connectivity index (χ3n) is 17.5. The molecule has 0 saturated heterocycles. The van der Waals surface area contributed by atoms with Gasteiger partial charge in [0.25, 0.3) is 0 Å². The van der Waals surface area contributed by atoms with Gasteiger partial charge in [0.15, 0.2) is 0 Å². The van der Waals surface area contributed by atoms with Gasteiger partial charge in [0.2, 0.25) is 0 Å². The van der Waals surface area contributed by atoms with Gasteiger partial charge in [-0.2, -0.15) is 12.1 Å². The van der Waals surface area contributed by atoms with Crippen molar-refractivity contribution in [1.82, 2.24) is 9.55 Å². The average Bonchev–Trinajstić information content (AvgIpc) is 1.59. The average molecular weight is 1260 g/mol. The molecule has 4 heterocycles. The van der Waals surface area contributed by atoms with E-state index in [2.05, 4.69) is 280 Å². The Labute approximate surface area is 504 Å². The number of para-hydroxylation sites is 3. The minimum Gasteiger partial charge on any atom is -0.509 e. The van der Waals surface area contributed by atoms with Crippen molar-refractivity contribution in [2.45, 2.75) is 110 Å². The van der Waals surface area contributed by atoms with Crippen LogP contribution in [0.4, 0.5) is 22.7 Å². The van der Waals surface area contributed by atoms with Crippen molar-refractivity contribution < 1.29 is 25.8 Å². The number of pyridine rings is 1. The Kier molecular flexibility index (Phi) is 12.6. The Morgan fingerprint density at radius 2 is 1.01 bits per heavy atom. The zero-order valence-corrected chi connectivity index (χ0v) is 51.8. The molecule has 5 nitrogen and oxygen atoms in total. The number of fused-ring (bicyclic) bond motifs is 12. The summed E-state index contributed by atoms with van der Waals surface area (Å²) in [5, 5.41) is 2.22. The summed E-state index contributed by atoms with van der Waals surface area (Å²) < 4.78 is 9.34. The molecule has 0 unspecified atom stereocenters. The Hall–Kier alpha value is -7.98. The molecule has 0 atom stereocenters. The molecule has 9 aromatic carbocycles. The predicted molar refractivity (Wildman–Crippen MR) is 341 cm³/mol. The zero-order chi connectivity index (χ0) is 56.8. The van der Waals surface area contributed by atoms with Crippen LogP contribution in [-0.4, -0.2) is 9.55 Å². The summed E-state index contributed by atoms with van der Waals surface area (Å²) in [6.45, 7) is 31.0. The van der Waals surface area contributed by atoms with Crippen LogP contribution in [0.15, 0.2) is 194 Å². The fourth-order valence-electron chi connectivity index (χ4n) is 13.5. The van der Waals surface area contributed by atoms with E-state index in [0.717, 1.165) is 72.6 Å². The van der Waals surface area contributed by atoms with Crippen LogP contribution in [0.1, 0.15) is 128 Å². The Morgan fingerprint density at radius 1 is 0.458 bits per heavy atom. The van der Waals surface area contributed by atoms with Crippen LogP contribution >= 0.6 is 0 Å². The first-order chi connectivity index (χ1) is 39.2. The Morgan fingerprint density at radius 3 is 1.59 bits per heavy atom. The van der Waals surface area contributed by atoms with Crippen molar-refractivity contribution in [3.05, 3.63) is 258 Å². The summed E-state index contributed by atoms with van der Waals surface area (Å²) >= 11 is 0. The maximum Gasteiger partial charge on any atom is 0.135 e. The van der Waals surface area contributed by atoms with Crippen LogP contribution in [0.25, 0.3) is 61.0 Å². The van der Waals surface area contributed by atoms with Crippen LogP contribution in [0.2, 0.25) is 0 Å². The van der Waals surface area contributed by atoms with Crippen LogP contribution in [0.5, 0.6) is 11.5 Å². The van der Waals surface area contributed by atoms with E-state index in [-0.39, 0.29) is 42.7 Å². The second-order valence-electron chi connectivity index (χ2n) is 26.9. The first-order valence-electron chi connectivity index (χ1n) is 29.0. The van der Waals surface area contributed by atoms with Gasteiger partial charge in [-0.25, -0.2) is 4.98 Å². The van der Waals surface area contributed by atoms with Gasteiger partial charge in [0.05, 0.1) is 0 Å². The standard InChI is InChI=1S/C77H69N4O.Pt/c1-73(2,3)50-41-58-59-42-51(74(4,5)6)44-63(76(10,11)12)70(59)77(69(58)62(43-50)75(7,8)9)60-39-37-53(82-52-36-38-57-56-29-19-20-33-64(56)81(66(57)45-52)68-35-21-22-40-78-68)46-67(60)80-47-79(65-34-24-32-61(77)72(65)80)71-54(48-25-15-13-16-26-48)30-23-31-55(71)49-27-17-14-18-28-49;/h13-44,47H,1-12H3;/q-3;. The van der Waals surface area contributed by atoms with E-state index in [9.17, 15) is 0 Å². The number of hydrogen-bond acceptors (Lipinski definition) is 4. The molecule has 0 fully saturated rings. The van der Waals surface area contributed by atoms with E-state index < -0.39 is 5.41 Å². The molecule has 1 aliphatic carbocycles. The van der Waals surface area contributed by atoms with Gasteiger partial charge < -0.3 is 19.1 Å². The molecule has 0 bridgehead atoms. The summed E-state index contributed by atoms with van der Waals surface area (Å²) in [4.78, 5) is 9.71. The number of aromatic nitrogens is 2. The number of benzene rings is 9. The summed E-state index contributed by atoms with van der Waals surface area (Å²) in [7, 11) is 0. The van der Waals surface area contributed by atoms with Gasteiger partial charge in [-0.1, -0.05) is 234 Å². The number of nitrogens with zero attached hydrogens (tertiary/aromatic N) is 4. The Balaban J connectivity index is 0.00000645. The predicted octanol–water partition coefficient (Wildman–Crippen LogP) is 20.2. The molecular formula is C77H69N4OPt-3. The summed E-state index contributed by atoms with van der Waals surface area (Å²) in [5.41, 5.74) is 22.5. The molecule has 83 heavy (non-hydrogen) atoms. The van der Waals surface area contributed by atoms with E-state index in [4.69, 9.17) is 9.72 Å². The second-order valence-corrected chi connectivity index (χ2v) is 26.9. The minimum absolute atomic E-state index is 0. The van der Waals surface area contributed by atoms with Crippen LogP contribution < -0.4 is 14.5 Å². The van der Waals surface area contributed by atoms with Crippen LogP contribution in [-0.2, 0) is 48.1 Å². The fraction of sp³-hybridized carbons (Fsp3) is 0.221. The van der Waals surface area contributed by atoms with Gasteiger partial charge in [-0.3, -0.25) is 0 Å². The topological polar surface area (TPSA) is 33.5 Å². The van der Waals surface area contributed by atoms with E-state index in [1.807, 2.05) is 30.5 Å². The first kappa shape index (κ1) is 54.3. The van der Waals surface area contributed by atoms with Gasteiger partial charge in [0, 0.05) is 77.9 Å². The van der Waals surface area contributed by atoms with Crippen molar-refractivity contribution in [3.8, 4) is 50.7 Å². The van der Waals surface area contributed by atoms with Crippen molar-refractivity contribution in [3.63, 3.8) is 0 Å². The van der Waals surface area contributed by atoms with Crippen molar-refractivity contribution in [2.75, 3.05) is 9.80 Å². The molecule has 0 saturated carbocycles. The number of rotatable bonds is 6. The number of ether oxygens (including phenoxy) is 1. The summed E-state index contributed by atoms with van der Waals surface area (Å²) in [5.74, 6) is 2.02. The van der Waals surface area contributed by atoms with Crippen molar-refractivity contribution in [1.29, 1.82) is 0 Å². The third-order valence-corrected chi connectivity index (χ3v) is 17.5. The fourth-order valence-corrected chi connectivity index (χ4v) is 13.5. The molecule has 2 aliphatic heterocycles. The van der Waals surface area contributed by atoms with E-state index in [0.29, 0.717) is 11.5 Å². The molecule has 0 amide bonds. The van der Waals surface area contributed by atoms with Crippen LogP contribution in [0.3, 0.4) is 0 Å². The van der Waals surface area contributed by atoms with Gasteiger partial charge in [0.1, 0.15) is 5.82 Å². The molecule has 0 N–H and O–H groups in total. The van der Waals surface area contributed by atoms with Crippen LogP contribution in [0, 0.1) is 18.8 Å². The minimum atomic E-state index is -0.797. The number of anilines is 4. The van der Waals surface area contributed by atoms with E-state index >= 15 is 0 Å². The summed E-state index contributed by atoms with van der Waals surface area (Å²) in [6, 6.07) is 76.9. The normalized spacial score (nSPS) is 14.2. The molecule has 14 rings (SSSR count). The first-order valence-corrected chi connectivity index (χ1v) is 29.0. The quantitative estimate of drug-likeness (QED) is 0.155. The largest absolute Gasteiger partial charge is 0.509 e. The maximum absolute atomic E-state index is 7.16. The smallest absolute Gasteiger partial charge is 0.135 e. The van der Waals surface area contributed by atoms with E-state index in [1.54, 1.807) is 0 Å². The Bertz CT molecular complexity index is 4240. The molecular weight excluding hydrogens is 1190 g/mol. The molecule has 6 heteroatoms. The van der Waals surface area contributed by atoms with Gasteiger partial charge in [-0.05, 0) is 113 Å². The molecule has 3 aliphatic rings. The van der Waals surface area contributed by atoms with Gasteiger partial charge in [-0.15, -0.1) is 41.9 Å². The third kappa shape index (κ3) is 8.46. The van der Waals surface area contributed by atoms with Crippen molar-refractivity contribution >= 4 is 44.6 Å². The van der Waals surface area contributed by atoms with Crippen molar-refractivity contribution in [2.24, 2.45) is 0 Å². The van der Waals surface area contributed by atoms with Gasteiger partial charge >= 0.3 is 0 Å². The molecule has 416 valence electrons. The zero-order valence-electron chi connectivity index (χ0n) is 49.6. The SMILES string of the molecule is CC(C)(C)c1cc2c(c(C(C)(C)C)c1)C1(c3ccc(Oc4[c-]c5c(cc4)c4ccccc4n5-c4ccccn4)[c-]c3N3[CH-]N(c4c(-c5ccccc5)cccc4-c4ccccc4)c4cccc1c43)c1c-2cc(C(C)(C)C)cc1C(C)(C)C.[Pt]. The monoisotopic (exact) mass is 1260 g/mol. The summed E-state index contributed by atoms with van der Waals surface area (Å²) in [6.07, 6.45) is 1.84. The van der Waals surface area contributed by atoms with E-state index in [1.165, 1.54) is 55.6 Å². The molecule has 11 aromatic rings.